The van der Waals surface area contributed by atoms with Crippen LogP contribution in [0.15, 0.2) is 16.8 Å². The van der Waals surface area contributed by atoms with E-state index in [0.29, 0.717) is 23.2 Å². The Bertz CT molecular complexity index is 574. The third-order valence-electron chi connectivity index (χ3n) is 3.81. The van der Waals surface area contributed by atoms with Crippen LogP contribution < -0.4 is 5.32 Å². The molecule has 2 aromatic rings. The van der Waals surface area contributed by atoms with Crippen LogP contribution in [-0.4, -0.2) is 33.2 Å². The minimum absolute atomic E-state index is 0.0205. The summed E-state index contributed by atoms with van der Waals surface area (Å²) < 4.78 is 5.48. The summed E-state index contributed by atoms with van der Waals surface area (Å²) in [6, 6.07) is 1.80. The lowest BCUT2D eigenvalue weighted by atomic mass is 9.84. The van der Waals surface area contributed by atoms with Crippen LogP contribution in [0, 0.1) is 6.92 Å². The lowest BCUT2D eigenvalue weighted by Crippen LogP contribution is -2.28. The highest BCUT2D eigenvalue weighted by Crippen LogP contribution is 2.33. The lowest BCUT2D eigenvalue weighted by molar-refractivity contribution is 0.285. The maximum Gasteiger partial charge on any atom is 0.234 e. The summed E-state index contributed by atoms with van der Waals surface area (Å²) in [6.45, 7) is 5.90. The Morgan fingerprint density at radius 3 is 3.00 bits per heavy atom. The van der Waals surface area contributed by atoms with E-state index in [2.05, 4.69) is 32.3 Å². The van der Waals surface area contributed by atoms with Crippen LogP contribution in [0.5, 0.6) is 0 Å². The fourth-order valence-corrected chi connectivity index (χ4v) is 2.50. The van der Waals surface area contributed by atoms with E-state index in [9.17, 15) is 0 Å². The van der Waals surface area contributed by atoms with Gasteiger partial charge in [0.25, 0.3) is 0 Å². The molecule has 1 aliphatic rings. The van der Waals surface area contributed by atoms with E-state index in [-0.39, 0.29) is 5.41 Å². The highest BCUT2D eigenvalue weighted by molar-refractivity contribution is 5.47. The average Bonchev–Trinajstić information content (AvgIpc) is 3.08. The molecule has 6 heteroatoms. The van der Waals surface area contributed by atoms with Crippen molar-refractivity contribution in [3.8, 4) is 11.5 Å². The van der Waals surface area contributed by atoms with Gasteiger partial charge < -0.3 is 9.84 Å². The normalized spacial score (nSPS) is 22.8. The van der Waals surface area contributed by atoms with Crippen molar-refractivity contribution in [1.29, 1.82) is 0 Å². The van der Waals surface area contributed by atoms with Gasteiger partial charge >= 0.3 is 0 Å². The molecule has 1 aliphatic heterocycles. The van der Waals surface area contributed by atoms with Gasteiger partial charge in [0.15, 0.2) is 0 Å². The van der Waals surface area contributed by atoms with Gasteiger partial charge in [-0.3, -0.25) is 0 Å². The third-order valence-corrected chi connectivity index (χ3v) is 3.81. The molecule has 0 aromatic carbocycles. The van der Waals surface area contributed by atoms with E-state index in [1.807, 2.05) is 6.92 Å². The largest absolute Gasteiger partial charge is 0.338 e. The Labute approximate surface area is 111 Å². The van der Waals surface area contributed by atoms with Crippen LogP contribution in [0.3, 0.4) is 0 Å². The molecule has 0 spiro atoms. The SMILES string of the molecule is CCC1(c2nc(-c3ccnc(C)n3)no2)CCNC1. The Balaban J connectivity index is 1.95. The maximum atomic E-state index is 5.48. The van der Waals surface area contributed by atoms with Crippen molar-refractivity contribution < 1.29 is 4.52 Å². The second-order valence-electron chi connectivity index (χ2n) is 4.97. The van der Waals surface area contributed by atoms with Crippen molar-refractivity contribution in [2.45, 2.75) is 32.1 Å². The zero-order valence-electron chi connectivity index (χ0n) is 11.2. The summed E-state index contributed by atoms with van der Waals surface area (Å²) in [6.07, 6.45) is 3.73. The van der Waals surface area contributed by atoms with Gasteiger partial charge in [0.2, 0.25) is 11.7 Å². The predicted octanol–water partition coefficient (Wildman–Crippen LogP) is 1.48. The second-order valence-corrected chi connectivity index (χ2v) is 4.97. The lowest BCUT2D eigenvalue weighted by Gasteiger charge is -2.20. The molecule has 3 rings (SSSR count). The van der Waals surface area contributed by atoms with Crippen molar-refractivity contribution in [1.82, 2.24) is 25.4 Å². The molecule has 0 saturated carbocycles. The predicted molar refractivity (Wildman–Crippen MR) is 69.5 cm³/mol. The average molecular weight is 259 g/mol. The first-order valence-electron chi connectivity index (χ1n) is 6.58. The molecule has 6 nitrogen and oxygen atoms in total. The van der Waals surface area contributed by atoms with Gasteiger partial charge in [0.05, 0.1) is 5.41 Å². The molecule has 0 aliphatic carbocycles. The Morgan fingerprint density at radius 1 is 1.42 bits per heavy atom. The molecule has 100 valence electrons. The highest BCUT2D eigenvalue weighted by Gasteiger charge is 2.39. The summed E-state index contributed by atoms with van der Waals surface area (Å²) in [5, 5.41) is 7.43. The number of hydrogen-bond donors (Lipinski definition) is 1. The fraction of sp³-hybridized carbons (Fsp3) is 0.538. The molecule has 0 amide bonds. The van der Waals surface area contributed by atoms with Crippen LogP contribution >= 0.6 is 0 Å². The Kier molecular flexibility index (Phi) is 3.02. The van der Waals surface area contributed by atoms with E-state index in [0.717, 1.165) is 25.9 Å². The number of nitrogens with one attached hydrogen (secondary N) is 1. The summed E-state index contributed by atoms with van der Waals surface area (Å²) in [5.41, 5.74) is 0.688. The molecular weight excluding hydrogens is 242 g/mol. The molecule has 1 unspecified atom stereocenters. The second kappa shape index (κ2) is 4.70. The zero-order chi connectivity index (χ0) is 13.3. The van der Waals surface area contributed by atoms with Crippen LogP contribution in [0.2, 0.25) is 0 Å². The number of nitrogens with zero attached hydrogens (tertiary/aromatic N) is 4. The molecule has 2 aromatic heterocycles. The standard InChI is InChI=1S/C13H17N5O/c1-3-13(5-7-14-8-13)12-17-11(18-19-12)10-4-6-15-9(2)16-10/h4,6,14H,3,5,7-8H2,1-2H3. The van der Waals surface area contributed by atoms with Crippen molar-refractivity contribution >= 4 is 0 Å². The number of aryl methyl sites for hydroxylation is 1. The van der Waals surface area contributed by atoms with E-state index in [1.165, 1.54) is 0 Å². The molecular formula is C13H17N5O. The Hall–Kier alpha value is -1.82. The molecule has 0 bridgehead atoms. The maximum absolute atomic E-state index is 5.48. The topological polar surface area (TPSA) is 76.7 Å². The molecule has 1 atom stereocenters. The number of aromatic nitrogens is 4. The minimum atomic E-state index is -0.0205. The molecule has 1 N–H and O–H groups in total. The minimum Gasteiger partial charge on any atom is -0.338 e. The van der Waals surface area contributed by atoms with Crippen molar-refractivity contribution in [3.05, 3.63) is 24.0 Å². The molecule has 3 heterocycles. The smallest absolute Gasteiger partial charge is 0.234 e. The molecule has 19 heavy (non-hydrogen) atoms. The number of hydrogen-bond acceptors (Lipinski definition) is 6. The van der Waals surface area contributed by atoms with E-state index >= 15 is 0 Å². The molecule has 1 fully saturated rings. The first kappa shape index (κ1) is 12.2. The van der Waals surface area contributed by atoms with Crippen molar-refractivity contribution in [2.75, 3.05) is 13.1 Å². The summed E-state index contributed by atoms with van der Waals surface area (Å²) in [4.78, 5) is 12.9. The molecule has 1 saturated heterocycles. The van der Waals surface area contributed by atoms with Gasteiger partial charge in [-0.15, -0.1) is 0 Å². The van der Waals surface area contributed by atoms with E-state index < -0.39 is 0 Å². The van der Waals surface area contributed by atoms with Gasteiger partial charge in [-0.2, -0.15) is 4.98 Å². The zero-order valence-corrected chi connectivity index (χ0v) is 11.2. The van der Waals surface area contributed by atoms with E-state index in [1.54, 1.807) is 12.3 Å². The van der Waals surface area contributed by atoms with Crippen LogP contribution in [0.4, 0.5) is 0 Å². The van der Waals surface area contributed by atoms with Crippen LogP contribution in [0.1, 0.15) is 31.5 Å². The van der Waals surface area contributed by atoms with Gasteiger partial charge in [-0.1, -0.05) is 12.1 Å². The van der Waals surface area contributed by atoms with Crippen molar-refractivity contribution in [2.24, 2.45) is 0 Å². The van der Waals surface area contributed by atoms with Gasteiger partial charge in [0.1, 0.15) is 11.5 Å². The van der Waals surface area contributed by atoms with Crippen LogP contribution in [-0.2, 0) is 5.41 Å². The Morgan fingerprint density at radius 2 is 2.32 bits per heavy atom. The van der Waals surface area contributed by atoms with E-state index in [4.69, 9.17) is 4.52 Å². The summed E-state index contributed by atoms with van der Waals surface area (Å²) in [7, 11) is 0. The van der Waals surface area contributed by atoms with Gasteiger partial charge in [0, 0.05) is 12.7 Å². The number of rotatable bonds is 3. The van der Waals surface area contributed by atoms with Crippen LogP contribution in [0.25, 0.3) is 11.5 Å². The third kappa shape index (κ3) is 2.12. The fourth-order valence-electron chi connectivity index (χ4n) is 2.50. The monoisotopic (exact) mass is 259 g/mol. The van der Waals surface area contributed by atoms with Crippen molar-refractivity contribution in [3.63, 3.8) is 0 Å². The van der Waals surface area contributed by atoms with Gasteiger partial charge in [-0.05, 0) is 32.4 Å². The summed E-state index contributed by atoms with van der Waals surface area (Å²) in [5.74, 6) is 1.96. The molecule has 0 radical (unpaired) electrons. The van der Waals surface area contributed by atoms with Gasteiger partial charge in [-0.25, -0.2) is 9.97 Å². The quantitative estimate of drug-likeness (QED) is 0.899. The first-order chi connectivity index (χ1) is 9.23. The highest BCUT2D eigenvalue weighted by atomic mass is 16.5. The summed E-state index contributed by atoms with van der Waals surface area (Å²) >= 11 is 0. The first-order valence-corrected chi connectivity index (χ1v) is 6.58.